The molecule has 1 amide bonds. The van der Waals surface area contributed by atoms with Crippen LogP contribution in [0.5, 0.6) is 0 Å². The van der Waals surface area contributed by atoms with Crippen molar-refractivity contribution in [2.45, 2.75) is 12.4 Å². The Labute approximate surface area is 207 Å². The average molecular weight is 512 g/mol. The average Bonchev–Trinajstić information content (AvgIpc) is 2.86. The van der Waals surface area contributed by atoms with Crippen LogP contribution in [0.15, 0.2) is 103 Å². The minimum atomic E-state index is -4.53. The Kier molecular flexibility index (Phi) is 7.15. The molecule has 0 bridgehead atoms. The quantitative estimate of drug-likeness (QED) is 0.168. The highest BCUT2D eigenvalue weighted by atomic mass is 19.4. The third-order valence-corrected chi connectivity index (χ3v) is 5.43. The number of halogens is 6. The molecule has 1 aromatic heterocycles. The number of carbonyl (C=O) groups is 1. The first kappa shape index (κ1) is 25.7. The zero-order chi connectivity index (χ0) is 26.6. The molecule has 0 aliphatic rings. The molecule has 0 fully saturated rings. The third kappa shape index (κ3) is 6.43. The van der Waals surface area contributed by atoms with E-state index in [9.17, 15) is 31.1 Å². The zero-order valence-corrected chi connectivity index (χ0v) is 18.9. The molecule has 3 aromatic carbocycles. The maximum absolute atomic E-state index is 13.0. The number of rotatable bonds is 5. The van der Waals surface area contributed by atoms with Gasteiger partial charge in [0.25, 0.3) is 0 Å². The predicted octanol–water partition coefficient (Wildman–Crippen LogP) is 7.90. The maximum atomic E-state index is 13.0. The highest BCUT2D eigenvalue weighted by molar-refractivity contribution is 6.01. The van der Waals surface area contributed by atoms with Crippen molar-refractivity contribution >= 4 is 28.1 Å². The number of anilines is 1. The largest absolute Gasteiger partial charge is 0.416 e. The van der Waals surface area contributed by atoms with Crippen molar-refractivity contribution in [2.75, 3.05) is 5.32 Å². The summed E-state index contributed by atoms with van der Waals surface area (Å²) in [7, 11) is 0. The number of pyridine rings is 1. The van der Waals surface area contributed by atoms with E-state index in [1.165, 1.54) is 42.5 Å². The first-order chi connectivity index (χ1) is 17.5. The SMILES string of the molecule is O=C(C=CC=C(c1ccc(C(F)(F)F)cc1)c1ccc(C(F)(F)F)cc1)Nc1ccc2cccnc2c1. The maximum Gasteiger partial charge on any atom is 0.416 e. The number of nitrogens with one attached hydrogen (secondary N) is 1. The highest BCUT2D eigenvalue weighted by Crippen LogP contribution is 2.33. The van der Waals surface area contributed by atoms with Crippen molar-refractivity contribution in [3.05, 3.63) is 126 Å². The van der Waals surface area contributed by atoms with Gasteiger partial charge in [-0.25, -0.2) is 0 Å². The van der Waals surface area contributed by atoms with Gasteiger partial charge in [-0.1, -0.05) is 48.6 Å². The van der Waals surface area contributed by atoms with Crippen LogP contribution >= 0.6 is 0 Å². The summed E-state index contributed by atoms with van der Waals surface area (Å²) in [6.45, 7) is 0. The zero-order valence-electron chi connectivity index (χ0n) is 18.9. The van der Waals surface area contributed by atoms with Crippen molar-refractivity contribution in [3.63, 3.8) is 0 Å². The van der Waals surface area contributed by atoms with Gasteiger partial charge in [0, 0.05) is 23.3 Å². The van der Waals surface area contributed by atoms with E-state index in [-0.39, 0.29) is 0 Å². The molecule has 37 heavy (non-hydrogen) atoms. The van der Waals surface area contributed by atoms with Crippen LogP contribution in [0.3, 0.4) is 0 Å². The molecular weight excluding hydrogens is 494 g/mol. The number of alkyl halides is 6. The number of hydrogen-bond acceptors (Lipinski definition) is 2. The summed E-state index contributed by atoms with van der Waals surface area (Å²) in [5, 5.41) is 3.59. The second-order valence-electron chi connectivity index (χ2n) is 7.99. The fraction of sp³-hybridized carbons (Fsp3) is 0.0714. The smallest absolute Gasteiger partial charge is 0.322 e. The second kappa shape index (κ2) is 10.3. The monoisotopic (exact) mass is 512 g/mol. The first-order valence-corrected chi connectivity index (χ1v) is 10.9. The van der Waals surface area contributed by atoms with Gasteiger partial charge in [-0.2, -0.15) is 26.3 Å². The fourth-order valence-corrected chi connectivity index (χ4v) is 3.60. The summed E-state index contributed by atoms with van der Waals surface area (Å²) < 4.78 is 77.9. The van der Waals surface area contributed by atoms with Gasteiger partial charge in [-0.3, -0.25) is 9.78 Å². The lowest BCUT2D eigenvalue weighted by Gasteiger charge is -2.12. The molecule has 188 valence electrons. The lowest BCUT2D eigenvalue weighted by atomic mass is 9.95. The Morgan fingerprint density at radius 1 is 0.757 bits per heavy atom. The van der Waals surface area contributed by atoms with Crippen molar-refractivity contribution in [2.24, 2.45) is 0 Å². The van der Waals surface area contributed by atoms with Crippen molar-refractivity contribution in [1.29, 1.82) is 0 Å². The van der Waals surface area contributed by atoms with E-state index >= 15 is 0 Å². The lowest BCUT2D eigenvalue weighted by Crippen LogP contribution is -2.07. The molecule has 1 heterocycles. The summed E-state index contributed by atoms with van der Waals surface area (Å²) in [4.78, 5) is 16.6. The van der Waals surface area contributed by atoms with Gasteiger partial charge in [0.15, 0.2) is 0 Å². The van der Waals surface area contributed by atoms with Crippen molar-refractivity contribution in [1.82, 2.24) is 4.98 Å². The summed E-state index contributed by atoms with van der Waals surface area (Å²) >= 11 is 0. The molecule has 0 unspecified atom stereocenters. The number of fused-ring (bicyclic) bond motifs is 1. The summed E-state index contributed by atoms with van der Waals surface area (Å²) in [5.41, 5.74) is 0.482. The number of allylic oxidation sites excluding steroid dienone is 2. The van der Waals surface area contributed by atoms with Crippen LogP contribution in [-0.4, -0.2) is 10.9 Å². The fourth-order valence-electron chi connectivity index (χ4n) is 3.60. The highest BCUT2D eigenvalue weighted by Gasteiger charge is 2.31. The molecule has 1 N–H and O–H groups in total. The van der Waals surface area contributed by atoms with Crippen molar-refractivity contribution < 1.29 is 31.1 Å². The molecule has 4 rings (SSSR count). The Bertz CT molecular complexity index is 1410. The second-order valence-corrected chi connectivity index (χ2v) is 7.99. The first-order valence-electron chi connectivity index (χ1n) is 10.9. The molecule has 0 spiro atoms. The molecular formula is C28H18F6N2O. The standard InChI is InChI=1S/C28H18F6N2O/c29-27(30,31)21-11-6-18(7-12-21)24(19-8-13-22(14-9-19)28(32,33)34)4-1-5-26(37)36-23-15-10-20-3-2-16-35-25(20)17-23/h1-17H,(H,36,37). The minimum Gasteiger partial charge on any atom is -0.322 e. The van der Waals surface area contributed by atoms with Crippen molar-refractivity contribution in [3.8, 4) is 0 Å². The van der Waals surface area contributed by atoms with E-state index in [0.29, 0.717) is 27.9 Å². The van der Waals surface area contributed by atoms with Gasteiger partial charge in [0.2, 0.25) is 5.91 Å². The third-order valence-electron chi connectivity index (χ3n) is 5.43. The van der Waals surface area contributed by atoms with Crippen LogP contribution < -0.4 is 5.32 Å². The van der Waals surface area contributed by atoms with Gasteiger partial charge in [-0.15, -0.1) is 0 Å². The molecule has 0 radical (unpaired) electrons. The minimum absolute atomic E-state index is 0.332. The normalized spacial score (nSPS) is 12.1. The molecule has 4 aromatic rings. The van der Waals surface area contributed by atoms with Crippen LogP contribution in [0.25, 0.3) is 16.5 Å². The number of benzene rings is 3. The molecule has 0 aliphatic carbocycles. The topological polar surface area (TPSA) is 42.0 Å². The number of aromatic nitrogens is 1. The number of nitrogens with zero attached hydrogens (tertiary/aromatic N) is 1. The van der Waals surface area contributed by atoms with E-state index in [2.05, 4.69) is 10.3 Å². The molecule has 0 aliphatic heterocycles. The van der Waals surface area contributed by atoms with Gasteiger partial charge in [-0.05, 0) is 59.2 Å². The van der Waals surface area contributed by atoms with Crippen LogP contribution in [0.4, 0.5) is 32.0 Å². The molecule has 3 nitrogen and oxygen atoms in total. The summed E-state index contributed by atoms with van der Waals surface area (Å²) in [6, 6.07) is 17.3. The van der Waals surface area contributed by atoms with E-state index < -0.39 is 29.4 Å². The van der Waals surface area contributed by atoms with Gasteiger partial charge in [0.1, 0.15) is 0 Å². The van der Waals surface area contributed by atoms with Crippen LogP contribution in [0.1, 0.15) is 22.3 Å². The molecule has 0 saturated heterocycles. The molecule has 9 heteroatoms. The van der Waals surface area contributed by atoms with Crippen LogP contribution in [0.2, 0.25) is 0 Å². The van der Waals surface area contributed by atoms with Crippen LogP contribution in [0, 0.1) is 0 Å². The number of carbonyl (C=O) groups excluding carboxylic acids is 1. The number of hydrogen-bond donors (Lipinski definition) is 1. The Balaban J connectivity index is 1.60. The summed E-state index contributed by atoms with van der Waals surface area (Å²) in [6.07, 6.45) is -3.41. The van der Waals surface area contributed by atoms with Gasteiger partial charge < -0.3 is 5.32 Å². The Morgan fingerprint density at radius 3 is 1.86 bits per heavy atom. The van der Waals surface area contributed by atoms with Gasteiger partial charge in [0.05, 0.1) is 16.6 Å². The molecule has 0 saturated carbocycles. The van der Waals surface area contributed by atoms with Crippen LogP contribution in [-0.2, 0) is 17.1 Å². The van der Waals surface area contributed by atoms with E-state index in [1.54, 1.807) is 30.5 Å². The summed E-state index contributed by atoms with van der Waals surface area (Å²) in [5.74, 6) is -0.481. The predicted molar refractivity (Wildman–Crippen MR) is 129 cm³/mol. The van der Waals surface area contributed by atoms with Gasteiger partial charge >= 0.3 is 12.4 Å². The van der Waals surface area contributed by atoms with E-state index in [1.807, 2.05) is 6.07 Å². The van der Waals surface area contributed by atoms with E-state index in [4.69, 9.17) is 0 Å². The Morgan fingerprint density at radius 2 is 1.32 bits per heavy atom. The molecule has 0 atom stereocenters. The van der Waals surface area contributed by atoms with E-state index in [0.717, 1.165) is 29.7 Å². The number of amides is 1. The lowest BCUT2D eigenvalue weighted by molar-refractivity contribution is -0.138. The Hall–Kier alpha value is -4.40.